The van der Waals surface area contributed by atoms with E-state index in [0.717, 1.165) is 12.9 Å². The van der Waals surface area contributed by atoms with Crippen molar-refractivity contribution < 1.29 is 18.0 Å². The molecule has 0 saturated heterocycles. The molecule has 0 bridgehead atoms. The molecule has 0 aliphatic carbocycles. The van der Waals surface area contributed by atoms with Crippen molar-refractivity contribution in [3.05, 3.63) is 41.5 Å². The first-order valence-electron chi connectivity index (χ1n) is 5.77. The molecule has 1 aromatic heterocycles. The summed E-state index contributed by atoms with van der Waals surface area (Å²) in [6.07, 6.45) is 1.12. The number of nitrogens with one attached hydrogen (secondary N) is 1. The molecule has 1 heterocycles. The Morgan fingerprint density at radius 3 is 2.63 bits per heavy atom. The number of halogens is 2. The zero-order valence-electron chi connectivity index (χ0n) is 10.3. The summed E-state index contributed by atoms with van der Waals surface area (Å²) in [6.45, 7) is 2.88. The van der Waals surface area contributed by atoms with Crippen LogP contribution in [0, 0.1) is 11.6 Å². The van der Waals surface area contributed by atoms with Crippen molar-refractivity contribution >= 4 is 0 Å². The summed E-state index contributed by atoms with van der Waals surface area (Å²) in [6, 6.07) is 2.47. The molecule has 7 heteroatoms. The lowest BCUT2D eigenvalue weighted by Crippen LogP contribution is -2.12. The molecule has 2 rings (SSSR count). The van der Waals surface area contributed by atoms with Crippen LogP contribution in [0.2, 0.25) is 0 Å². The van der Waals surface area contributed by atoms with Crippen molar-refractivity contribution in [3.8, 4) is 5.75 Å². The van der Waals surface area contributed by atoms with Crippen LogP contribution in [0.5, 0.6) is 5.75 Å². The van der Waals surface area contributed by atoms with Crippen LogP contribution in [0.25, 0.3) is 0 Å². The molecule has 0 unspecified atom stereocenters. The number of nitrogens with zero attached hydrogens (tertiary/aromatic N) is 2. The van der Waals surface area contributed by atoms with Gasteiger partial charge in [-0.15, -0.1) is 0 Å². The van der Waals surface area contributed by atoms with E-state index >= 15 is 0 Å². The molecule has 0 radical (unpaired) electrons. The van der Waals surface area contributed by atoms with Crippen LogP contribution >= 0.6 is 0 Å². The number of benzene rings is 1. The summed E-state index contributed by atoms with van der Waals surface area (Å²) in [5.74, 6) is -1.73. The second-order valence-corrected chi connectivity index (χ2v) is 3.81. The van der Waals surface area contributed by atoms with Gasteiger partial charge in [-0.25, -0.2) is 8.78 Å². The minimum Gasteiger partial charge on any atom is -0.479 e. The van der Waals surface area contributed by atoms with E-state index in [1.807, 2.05) is 6.92 Å². The van der Waals surface area contributed by atoms with E-state index in [9.17, 15) is 8.78 Å². The van der Waals surface area contributed by atoms with Gasteiger partial charge in [0.25, 0.3) is 0 Å². The molecule has 1 N–H and O–H groups in total. The highest BCUT2D eigenvalue weighted by Crippen LogP contribution is 2.24. The van der Waals surface area contributed by atoms with Crippen molar-refractivity contribution in [3.63, 3.8) is 0 Å². The lowest BCUT2D eigenvalue weighted by atomic mass is 10.2. The Balaban J connectivity index is 2.08. The van der Waals surface area contributed by atoms with E-state index in [1.54, 1.807) is 0 Å². The summed E-state index contributed by atoms with van der Waals surface area (Å²) in [5.41, 5.74) is 0.517. The van der Waals surface area contributed by atoms with Gasteiger partial charge in [0.1, 0.15) is 0 Å². The van der Waals surface area contributed by atoms with E-state index in [0.29, 0.717) is 12.1 Å². The SMILES string of the molecule is CCNCc1cc(F)c(OCc2ncon2)c(F)c1. The Hall–Kier alpha value is -2.02. The molecule has 1 aromatic carbocycles. The third kappa shape index (κ3) is 3.47. The van der Waals surface area contributed by atoms with Gasteiger partial charge < -0.3 is 14.6 Å². The first-order chi connectivity index (χ1) is 9.20. The Labute approximate surface area is 108 Å². The lowest BCUT2D eigenvalue weighted by molar-refractivity contribution is 0.259. The zero-order chi connectivity index (χ0) is 13.7. The molecule has 0 fully saturated rings. The van der Waals surface area contributed by atoms with E-state index in [2.05, 4.69) is 20.0 Å². The predicted molar refractivity (Wildman–Crippen MR) is 62.4 cm³/mol. The Bertz CT molecular complexity index is 509. The number of ether oxygens (including phenoxy) is 1. The fourth-order valence-corrected chi connectivity index (χ4v) is 1.51. The number of hydrogen-bond donors (Lipinski definition) is 1. The molecule has 0 amide bonds. The highest BCUT2D eigenvalue weighted by molar-refractivity contribution is 5.31. The standard InChI is InChI=1S/C12H13F2N3O2/c1-2-15-5-8-3-9(13)12(10(14)4-8)18-6-11-16-7-19-17-11/h3-4,7,15H,2,5-6H2,1H3. The average molecular weight is 269 g/mol. The molecule has 19 heavy (non-hydrogen) atoms. The fraction of sp³-hybridized carbons (Fsp3) is 0.333. The molecular formula is C12H13F2N3O2. The van der Waals surface area contributed by atoms with E-state index in [4.69, 9.17) is 4.74 Å². The normalized spacial score (nSPS) is 10.7. The highest BCUT2D eigenvalue weighted by Gasteiger charge is 2.13. The second kappa shape index (κ2) is 6.24. The van der Waals surface area contributed by atoms with Crippen LogP contribution in [0.15, 0.2) is 23.0 Å². The van der Waals surface area contributed by atoms with Gasteiger partial charge in [-0.05, 0) is 24.2 Å². The maximum Gasteiger partial charge on any atom is 0.213 e. The van der Waals surface area contributed by atoms with Crippen LogP contribution < -0.4 is 10.1 Å². The maximum absolute atomic E-state index is 13.7. The zero-order valence-corrected chi connectivity index (χ0v) is 10.3. The van der Waals surface area contributed by atoms with Crippen LogP contribution in [0.3, 0.4) is 0 Å². The van der Waals surface area contributed by atoms with Gasteiger partial charge in [-0.2, -0.15) is 4.98 Å². The summed E-state index contributed by atoms with van der Waals surface area (Å²) in [4.78, 5) is 3.69. The van der Waals surface area contributed by atoms with Crippen molar-refractivity contribution in [1.82, 2.24) is 15.5 Å². The van der Waals surface area contributed by atoms with Crippen molar-refractivity contribution in [2.24, 2.45) is 0 Å². The van der Waals surface area contributed by atoms with E-state index < -0.39 is 17.4 Å². The fourth-order valence-electron chi connectivity index (χ4n) is 1.51. The maximum atomic E-state index is 13.7. The largest absolute Gasteiger partial charge is 0.479 e. The molecule has 2 aromatic rings. The minimum absolute atomic E-state index is 0.156. The van der Waals surface area contributed by atoms with Crippen LogP contribution in [0.4, 0.5) is 8.78 Å². The number of aromatic nitrogens is 2. The van der Waals surface area contributed by atoms with Crippen LogP contribution in [-0.2, 0) is 13.2 Å². The molecule has 0 aliphatic heterocycles. The van der Waals surface area contributed by atoms with Crippen molar-refractivity contribution in [2.75, 3.05) is 6.54 Å². The van der Waals surface area contributed by atoms with Gasteiger partial charge in [0.2, 0.25) is 12.2 Å². The smallest absolute Gasteiger partial charge is 0.213 e. The second-order valence-electron chi connectivity index (χ2n) is 3.81. The van der Waals surface area contributed by atoms with Gasteiger partial charge in [0.05, 0.1) is 0 Å². The third-order valence-electron chi connectivity index (χ3n) is 2.39. The van der Waals surface area contributed by atoms with E-state index in [-0.39, 0.29) is 12.4 Å². The van der Waals surface area contributed by atoms with Gasteiger partial charge in [0, 0.05) is 6.54 Å². The molecule has 102 valence electrons. The third-order valence-corrected chi connectivity index (χ3v) is 2.39. The predicted octanol–water partition coefficient (Wildman–Crippen LogP) is 2.04. The van der Waals surface area contributed by atoms with Gasteiger partial charge in [-0.1, -0.05) is 12.1 Å². The monoisotopic (exact) mass is 269 g/mol. The number of rotatable bonds is 6. The molecular weight excluding hydrogens is 256 g/mol. The quantitative estimate of drug-likeness (QED) is 0.869. The van der Waals surface area contributed by atoms with Crippen molar-refractivity contribution in [2.45, 2.75) is 20.1 Å². The Morgan fingerprint density at radius 1 is 1.32 bits per heavy atom. The highest BCUT2D eigenvalue weighted by atomic mass is 19.1. The molecule has 0 aliphatic rings. The van der Waals surface area contributed by atoms with Crippen LogP contribution in [0.1, 0.15) is 18.3 Å². The molecule has 0 atom stereocenters. The summed E-state index contributed by atoms with van der Waals surface area (Å²) in [7, 11) is 0. The van der Waals surface area contributed by atoms with Gasteiger partial charge in [-0.3, -0.25) is 0 Å². The topological polar surface area (TPSA) is 60.2 Å². The summed E-state index contributed by atoms with van der Waals surface area (Å²) < 4.78 is 36.9. The van der Waals surface area contributed by atoms with Crippen LogP contribution in [-0.4, -0.2) is 16.7 Å². The average Bonchev–Trinajstić information content (AvgIpc) is 2.88. The first-order valence-corrected chi connectivity index (χ1v) is 5.77. The lowest BCUT2D eigenvalue weighted by Gasteiger charge is -2.09. The molecule has 0 spiro atoms. The van der Waals surface area contributed by atoms with Gasteiger partial charge in [0.15, 0.2) is 24.0 Å². The number of hydrogen-bond acceptors (Lipinski definition) is 5. The minimum atomic E-state index is -0.753. The van der Waals surface area contributed by atoms with Gasteiger partial charge >= 0.3 is 0 Å². The Morgan fingerprint density at radius 2 is 2.05 bits per heavy atom. The van der Waals surface area contributed by atoms with E-state index in [1.165, 1.54) is 12.1 Å². The van der Waals surface area contributed by atoms with Crippen molar-refractivity contribution in [1.29, 1.82) is 0 Å². The molecule has 0 saturated carbocycles. The molecule has 5 nitrogen and oxygen atoms in total. The summed E-state index contributed by atoms with van der Waals surface area (Å²) >= 11 is 0. The summed E-state index contributed by atoms with van der Waals surface area (Å²) in [5, 5.41) is 6.47. The Kier molecular flexibility index (Phi) is 4.40. The first kappa shape index (κ1) is 13.4.